The highest BCUT2D eigenvalue weighted by molar-refractivity contribution is 5.71. The minimum absolute atomic E-state index is 0.0625. The fourth-order valence-electron chi connectivity index (χ4n) is 9.37. The van der Waals surface area contributed by atoms with E-state index in [-0.39, 0.29) is 31.1 Å². The standard InChI is InChI=1S/C61H118O6/c1-6-8-9-10-11-12-13-14-15-16-17-18-19-22-25-31-36-41-46-51-59(62)65-54-58(55-66-60(63)52-47-42-37-32-28-27-30-35-40-45-50-57(5)7-2)67-61(64)53-48-43-38-33-26-23-20-21-24-29-34-39-44-49-56(3)4/h56-58H,6-55H2,1-5H3/t57?,58-/m1/s1. The SMILES string of the molecule is CCCCCCCCCCCCCCCCCCCCCC(=O)OC[C@H](COC(=O)CCCCCCCCCCCCC(C)CC)OC(=O)CCCCCCCCCCCCCCCC(C)C. The lowest BCUT2D eigenvalue weighted by atomic mass is 9.99. The molecule has 0 spiro atoms. The number of hydrogen-bond acceptors (Lipinski definition) is 6. The quantitative estimate of drug-likeness (QED) is 0.0343. The van der Waals surface area contributed by atoms with E-state index in [2.05, 4.69) is 34.6 Å². The van der Waals surface area contributed by atoms with Gasteiger partial charge in [-0.25, -0.2) is 0 Å². The van der Waals surface area contributed by atoms with Gasteiger partial charge in [0.1, 0.15) is 13.2 Å². The first kappa shape index (κ1) is 65.4. The van der Waals surface area contributed by atoms with Gasteiger partial charge in [-0.3, -0.25) is 14.4 Å². The first-order valence-corrected chi connectivity index (χ1v) is 30.3. The van der Waals surface area contributed by atoms with E-state index in [4.69, 9.17) is 14.2 Å². The average Bonchev–Trinajstić information content (AvgIpc) is 3.31. The molecule has 0 aromatic carbocycles. The summed E-state index contributed by atoms with van der Waals surface area (Å²) in [5.74, 6) is 0.871. The number of carbonyl (C=O) groups excluding carboxylic acids is 3. The Labute approximate surface area is 418 Å². The van der Waals surface area contributed by atoms with Gasteiger partial charge in [0, 0.05) is 19.3 Å². The molecule has 67 heavy (non-hydrogen) atoms. The van der Waals surface area contributed by atoms with Gasteiger partial charge < -0.3 is 14.2 Å². The lowest BCUT2D eigenvalue weighted by molar-refractivity contribution is -0.167. The fraction of sp³-hybridized carbons (Fsp3) is 0.951. The molecule has 0 aromatic heterocycles. The Kier molecular flexibility index (Phi) is 52.5. The van der Waals surface area contributed by atoms with Gasteiger partial charge in [0.15, 0.2) is 6.10 Å². The summed E-state index contributed by atoms with van der Waals surface area (Å²) in [6.07, 6.45) is 58.1. The number of hydrogen-bond donors (Lipinski definition) is 0. The van der Waals surface area contributed by atoms with E-state index in [0.717, 1.165) is 69.6 Å². The Bertz CT molecular complexity index is 1030. The molecular weight excluding hydrogens is 829 g/mol. The van der Waals surface area contributed by atoms with Crippen LogP contribution >= 0.6 is 0 Å². The van der Waals surface area contributed by atoms with Gasteiger partial charge in [-0.15, -0.1) is 0 Å². The van der Waals surface area contributed by atoms with Crippen molar-refractivity contribution in [3.8, 4) is 0 Å². The number of ether oxygens (including phenoxy) is 3. The average molecular weight is 948 g/mol. The van der Waals surface area contributed by atoms with E-state index in [1.165, 1.54) is 231 Å². The van der Waals surface area contributed by atoms with Crippen LogP contribution in [-0.2, 0) is 28.6 Å². The van der Waals surface area contributed by atoms with Crippen molar-refractivity contribution in [2.75, 3.05) is 13.2 Å². The Morgan fingerprint density at radius 2 is 0.567 bits per heavy atom. The molecule has 0 saturated carbocycles. The molecule has 0 bridgehead atoms. The summed E-state index contributed by atoms with van der Waals surface area (Å²) in [6, 6.07) is 0. The molecule has 0 fully saturated rings. The second-order valence-corrected chi connectivity index (χ2v) is 21.7. The van der Waals surface area contributed by atoms with Crippen LogP contribution < -0.4 is 0 Å². The van der Waals surface area contributed by atoms with Gasteiger partial charge >= 0.3 is 17.9 Å². The van der Waals surface area contributed by atoms with E-state index in [0.29, 0.717) is 19.3 Å². The van der Waals surface area contributed by atoms with Crippen molar-refractivity contribution in [2.24, 2.45) is 11.8 Å². The molecule has 6 nitrogen and oxygen atoms in total. The molecule has 0 amide bonds. The summed E-state index contributed by atoms with van der Waals surface area (Å²) in [4.78, 5) is 38.2. The van der Waals surface area contributed by atoms with Crippen molar-refractivity contribution in [1.29, 1.82) is 0 Å². The molecule has 0 aliphatic carbocycles. The Hall–Kier alpha value is -1.59. The number of esters is 3. The van der Waals surface area contributed by atoms with Gasteiger partial charge in [0.2, 0.25) is 0 Å². The second kappa shape index (κ2) is 53.8. The molecule has 0 aliphatic heterocycles. The molecule has 0 N–H and O–H groups in total. The summed E-state index contributed by atoms with van der Waals surface area (Å²) in [7, 11) is 0. The van der Waals surface area contributed by atoms with E-state index in [1.54, 1.807) is 0 Å². The van der Waals surface area contributed by atoms with Gasteiger partial charge in [0.05, 0.1) is 0 Å². The molecule has 6 heteroatoms. The lowest BCUT2D eigenvalue weighted by Gasteiger charge is -2.18. The van der Waals surface area contributed by atoms with Gasteiger partial charge in [-0.2, -0.15) is 0 Å². The predicted octanol–water partition coefficient (Wildman–Crippen LogP) is 20.0. The summed E-state index contributed by atoms with van der Waals surface area (Å²) in [5, 5.41) is 0. The van der Waals surface area contributed by atoms with E-state index in [1.807, 2.05) is 0 Å². The maximum atomic E-state index is 12.9. The van der Waals surface area contributed by atoms with Crippen LogP contribution in [0.3, 0.4) is 0 Å². The van der Waals surface area contributed by atoms with Crippen molar-refractivity contribution < 1.29 is 28.6 Å². The van der Waals surface area contributed by atoms with Crippen LogP contribution in [0.25, 0.3) is 0 Å². The highest BCUT2D eigenvalue weighted by atomic mass is 16.6. The molecule has 0 aliphatic rings. The zero-order valence-corrected chi connectivity index (χ0v) is 46.0. The van der Waals surface area contributed by atoms with Gasteiger partial charge in [0.25, 0.3) is 0 Å². The first-order chi connectivity index (χ1) is 32.8. The van der Waals surface area contributed by atoms with Crippen molar-refractivity contribution >= 4 is 17.9 Å². The maximum Gasteiger partial charge on any atom is 0.306 e. The number of unbranched alkanes of at least 4 members (excludes halogenated alkanes) is 39. The Morgan fingerprint density at radius 3 is 0.851 bits per heavy atom. The predicted molar refractivity (Wildman–Crippen MR) is 289 cm³/mol. The maximum absolute atomic E-state index is 12.9. The van der Waals surface area contributed by atoms with Gasteiger partial charge in [-0.05, 0) is 31.1 Å². The van der Waals surface area contributed by atoms with Crippen LogP contribution in [0, 0.1) is 11.8 Å². The number of rotatable bonds is 55. The smallest absolute Gasteiger partial charge is 0.306 e. The van der Waals surface area contributed by atoms with Crippen LogP contribution in [0.4, 0.5) is 0 Å². The highest BCUT2D eigenvalue weighted by Crippen LogP contribution is 2.19. The molecule has 0 saturated heterocycles. The Morgan fingerprint density at radius 1 is 0.313 bits per heavy atom. The Balaban J connectivity index is 4.29. The van der Waals surface area contributed by atoms with Crippen molar-refractivity contribution in [1.82, 2.24) is 0 Å². The number of carbonyl (C=O) groups is 3. The monoisotopic (exact) mass is 947 g/mol. The van der Waals surface area contributed by atoms with Crippen molar-refractivity contribution in [3.05, 3.63) is 0 Å². The van der Waals surface area contributed by atoms with Crippen LogP contribution in [-0.4, -0.2) is 37.2 Å². The fourth-order valence-corrected chi connectivity index (χ4v) is 9.37. The summed E-state index contributed by atoms with van der Waals surface area (Å²) in [6.45, 7) is 11.4. The molecule has 0 aromatic rings. The molecule has 398 valence electrons. The topological polar surface area (TPSA) is 78.9 Å². The van der Waals surface area contributed by atoms with E-state index in [9.17, 15) is 14.4 Å². The third-order valence-corrected chi connectivity index (χ3v) is 14.3. The molecule has 2 atom stereocenters. The molecule has 0 radical (unpaired) electrons. The molecule has 0 heterocycles. The van der Waals surface area contributed by atoms with Crippen LogP contribution in [0.2, 0.25) is 0 Å². The molecule has 1 unspecified atom stereocenters. The van der Waals surface area contributed by atoms with E-state index >= 15 is 0 Å². The largest absolute Gasteiger partial charge is 0.462 e. The van der Waals surface area contributed by atoms with Crippen LogP contribution in [0.5, 0.6) is 0 Å². The molecule has 0 rings (SSSR count). The summed E-state index contributed by atoms with van der Waals surface area (Å²) in [5.41, 5.74) is 0. The van der Waals surface area contributed by atoms with Crippen molar-refractivity contribution in [3.63, 3.8) is 0 Å². The van der Waals surface area contributed by atoms with Crippen LogP contribution in [0.1, 0.15) is 343 Å². The zero-order valence-electron chi connectivity index (χ0n) is 46.0. The summed E-state index contributed by atoms with van der Waals surface area (Å²) < 4.78 is 16.9. The minimum Gasteiger partial charge on any atom is -0.462 e. The van der Waals surface area contributed by atoms with E-state index < -0.39 is 6.10 Å². The normalized spacial score (nSPS) is 12.4. The third-order valence-electron chi connectivity index (χ3n) is 14.3. The third kappa shape index (κ3) is 53.6. The van der Waals surface area contributed by atoms with Crippen molar-refractivity contribution in [2.45, 2.75) is 349 Å². The van der Waals surface area contributed by atoms with Gasteiger partial charge in [-0.1, -0.05) is 304 Å². The lowest BCUT2D eigenvalue weighted by Crippen LogP contribution is -2.30. The second-order valence-electron chi connectivity index (χ2n) is 21.7. The molecular formula is C61H118O6. The first-order valence-electron chi connectivity index (χ1n) is 30.3. The summed E-state index contributed by atoms with van der Waals surface area (Å²) >= 11 is 0. The minimum atomic E-state index is -0.763. The zero-order chi connectivity index (χ0) is 48.9. The van der Waals surface area contributed by atoms with Crippen LogP contribution in [0.15, 0.2) is 0 Å². The highest BCUT2D eigenvalue weighted by Gasteiger charge is 2.19.